The van der Waals surface area contributed by atoms with Gasteiger partial charge in [0.05, 0.1) is 7.11 Å². The molecule has 1 aromatic rings. The molecule has 6 heteroatoms. The molecular weight excluding hydrogens is 288 g/mol. The van der Waals surface area contributed by atoms with Gasteiger partial charge < -0.3 is 10.5 Å². The minimum Gasteiger partial charge on any atom is -0.495 e. The summed E-state index contributed by atoms with van der Waals surface area (Å²) in [5.41, 5.74) is 6.69. The first-order valence-electron chi connectivity index (χ1n) is 7.30. The highest BCUT2D eigenvalue weighted by Gasteiger charge is 2.38. The Morgan fingerprint density at radius 3 is 2.71 bits per heavy atom. The van der Waals surface area contributed by atoms with E-state index >= 15 is 0 Å². The Balaban J connectivity index is 2.52. The lowest BCUT2D eigenvalue weighted by Gasteiger charge is -2.39. The molecule has 0 aliphatic carbocycles. The predicted octanol–water partition coefficient (Wildman–Crippen LogP) is 1.89. The highest BCUT2D eigenvalue weighted by atomic mass is 32.2. The van der Waals surface area contributed by atoms with Crippen molar-refractivity contribution in [3.05, 3.63) is 23.8 Å². The van der Waals surface area contributed by atoms with Crippen molar-refractivity contribution >= 4 is 10.0 Å². The van der Waals surface area contributed by atoms with Gasteiger partial charge in [-0.15, -0.1) is 0 Å². The molecule has 1 aliphatic rings. The molecule has 1 aromatic carbocycles. The third-order valence-corrected chi connectivity index (χ3v) is 6.19. The van der Waals surface area contributed by atoms with Crippen molar-refractivity contribution < 1.29 is 13.2 Å². The molecule has 1 aliphatic heterocycles. The molecule has 0 spiro atoms. The molecule has 5 nitrogen and oxygen atoms in total. The summed E-state index contributed by atoms with van der Waals surface area (Å²) in [6, 6.07) is 5.04. The van der Waals surface area contributed by atoms with Crippen molar-refractivity contribution in [3.8, 4) is 5.75 Å². The SMILES string of the molecule is COc1ccc(C)cc1S(=O)(=O)N1C(C)CCCC1CN. The Kier molecular flexibility index (Phi) is 4.91. The monoisotopic (exact) mass is 312 g/mol. The molecule has 21 heavy (non-hydrogen) atoms. The maximum absolute atomic E-state index is 13.1. The van der Waals surface area contributed by atoms with Crippen LogP contribution >= 0.6 is 0 Å². The van der Waals surface area contributed by atoms with Crippen molar-refractivity contribution in [2.75, 3.05) is 13.7 Å². The zero-order valence-electron chi connectivity index (χ0n) is 12.9. The molecule has 1 heterocycles. The smallest absolute Gasteiger partial charge is 0.247 e. The fraction of sp³-hybridized carbons (Fsp3) is 0.600. The zero-order chi connectivity index (χ0) is 15.6. The van der Waals surface area contributed by atoms with Crippen molar-refractivity contribution in [1.82, 2.24) is 4.31 Å². The standard InChI is InChI=1S/C15H24N2O3S/c1-11-7-8-14(20-3)15(9-11)21(18,19)17-12(2)5-4-6-13(17)10-16/h7-9,12-13H,4-6,10,16H2,1-3H3. The Labute approximate surface area is 127 Å². The number of nitrogens with two attached hydrogens (primary N) is 1. The second-order valence-electron chi connectivity index (χ2n) is 5.66. The first-order chi connectivity index (χ1) is 9.91. The number of ether oxygens (including phenoxy) is 1. The van der Waals surface area contributed by atoms with Crippen LogP contribution in [0.5, 0.6) is 5.75 Å². The van der Waals surface area contributed by atoms with Gasteiger partial charge >= 0.3 is 0 Å². The van der Waals surface area contributed by atoms with Gasteiger partial charge in [0.25, 0.3) is 0 Å². The number of sulfonamides is 1. The molecular formula is C15H24N2O3S. The van der Waals surface area contributed by atoms with Crippen LogP contribution < -0.4 is 10.5 Å². The van der Waals surface area contributed by atoms with Gasteiger partial charge in [0.1, 0.15) is 10.6 Å². The third kappa shape index (κ3) is 3.07. The number of piperidine rings is 1. The number of methoxy groups -OCH3 is 1. The van der Waals surface area contributed by atoms with Gasteiger partial charge in [0.15, 0.2) is 0 Å². The Morgan fingerprint density at radius 2 is 2.10 bits per heavy atom. The number of nitrogens with zero attached hydrogens (tertiary/aromatic N) is 1. The Morgan fingerprint density at radius 1 is 1.38 bits per heavy atom. The van der Waals surface area contributed by atoms with Crippen LogP contribution in [0.2, 0.25) is 0 Å². The normalized spacial score (nSPS) is 24.0. The molecule has 0 amide bonds. The van der Waals surface area contributed by atoms with E-state index in [9.17, 15) is 8.42 Å². The summed E-state index contributed by atoms with van der Waals surface area (Å²) in [4.78, 5) is 0.234. The van der Waals surface area contributed by atoms with E-state index in [1.54, 1.807) is 16.4 Å². The molecule has 118 valence electrons. The summed E-state index contributed by atoms with van der Waals surface area (Å²) >= 11 is 0. The summed E-state index contributed by atoms with van der Waals surface area (Å²) in [5, 5.41) is 0. The van der Waals surface area contributed by atoms with E-state index in [1.807, 2.05) is 19.9 Å². The molecule has 0 radical (unpaired) electrons. The number of hydrogen-bond acceptors (Lipinski definition) is 4. The molecule has 1 saturated heterocycles. The van der Waals surface area contributed by atoms with Crippen LogP contribution in [0.15, 0.2) is 23.1 Å². The van der Waals surface area contributed by atoms with Crippen molar-refractivity contribution in [2.24, 2.45) is 5.73 Å². The summed E-state index contributed by atoms with van der Waals surface area (Å²) in [5.74, 6) is 0.383. The van der Waals surface area contributed by atoms with Gasteiger partial charge in [-0.1, -0.05) is 12.5 Å². The van der Waals surface area contributed by atoms with Gasteiger partial charge in [0.2, 0.25) is 10.0 Å². The first-order valence-corrected chi connectivity index (χ1v) is 8.74. The number of benzene rings is 1. The Hall–Kier alpha value is -1.11. The molecule has 0 saturated carbocycles. The minimum atomic E-state index is -3.61. The largest absolute Gasteiger partial charge is 0.495 e. The Bertz CT molecular complexity index is 601. The van der Waals surface area contributed by atoms with E-state index in [-0.39, 0.29) is 17.0 Å². The van der Waals surface area contributed by atoms with E-state index in [2.05, 4.69) is 0 Å². The highest BCUT2D eigenvalue weighted by molar-refractivity contribution is 7.89. The molecule has 2 N–H and O–H groups in total. The molecule has 0 aromatic heterocycles. The summed E-state index contributed by atoms with van der Waals surface area (Å²) < 4.78 is 33.0. The summed E-state index contributed by atoms with van der Waals surface area (Å²) in [6.45, 7) is 4.16. The van der Waals surface area contributed by atoms with Crippen LogP contribution in [0.1, 0.15) is 31.7 Å². The number of aryl methyl sites for hydroxylation is 1. The maximum atomic E-state index is 13.1. The topological polar surface area (TPSA) is 72.6 Å². The van der Waals surface area contributed by atoms with Crippen molar-refractivity contribution in [1.29, 1.82) is 0 Å². The van der Waals surface area contributed by atoms with Crippen LogP contribution in [0.4, 0.5) is 0 Å². The molecule has 2 rings (SSSR count). The fourth-order valence-electron chi connectivity index (χ4n) is 3.02. The second kappa shape index (κ2) is 6.34. The van der Waals surface area contributed by atoms with Crippen LogP contribution in [-0.2, 0) is 10.0 Å². The second-order valence-corrected chi connectivity index (χ2v) is 7.47. The van der Waals surface area contributed by atoms with Crippen molar-refractivity contribution in [3.63, 3.8) is 0 Å². The van der Waals surface area contributed by atoms with E-state index in [0.717, 1.165) is 24.8 Å². The van der Waals surface area contributed by atoms with Gasteiger partial charge in [-0.2, -0.15) is 4.31 Å². The van der Waals surface area contributed by atoms with E-state index in [4.69, 9.17) is 10.5 Å². The van der Waals surface area contributed by atoms with Gasteiger partial charge in [0, 0.05) is 18.6 Å². The highest BCUT2D eigenvalue weighted by Crippen LogP contribution is 2.33. The fourth-order valence-corrected chi connectivity index (χ4v) is 5.15. The average molecular weight is 312 g/mol. The molecule has 1 fully saturated rings. The molecule has 2 unspecified atom stereocenters. The van der Waals surface area contributed by atoms with Crippen LogP contribution in [-0.4, -0.2) is 38.5 Å². The van der Waals surface area contributed by atoms with E-state index in [0.29, 0.717) is 12.3 Å². The average Bonchev–Trinajstić information content (AvgIpc) is 2.46. The van der Waals surface area contributed by atoms with Crippen LogP contribution in [0.3, 0.4) is 0 Å². The lowest BCUT2D eigenvalue weighted by atomic mass is 10.00. The van der Waals surface area contributed by atoms with E-state index < -0.39 is 10.0 Å². The molecule has 0 bridgehead atoms. The lowest BCUT2D eigenvalue weighted by Crippen LogP contribution is -2.51. The van der Waals surface area contributed by atoms with Crippen LogP contribution in [0.25, 0.3) is 0 Å². The first kappa shape index (κ1) is 16.3. The predicted molar refractivity (Wildman–Crippen MR) is 82.9 cm³/mol. The van der Waals surface area contributed by atoms with Crippen molar-refractivity contribution in [2.45, 2.75) is 50.1 Å². The number of rotatable bonds is 4. The zero-order valence-corrected chi connectivity index (χ0v) is 13.7. The lowest BCUT2D eigenvalue weighted by molar-refractivity contribution is 0.195. The summed E-state index contributed by atoms with van der Waals surface area (Å²) in [6.07, 6.45) is 2.69. The number of hydrogen-bond donors (Lipinski definition) is 1. The van der Waals surface area contributed by atoms with Gasteiger partial charge in [-0.25, -0.2) is 8.42 Å². The summed E-state index contributed by atoms with van der Waals surface area (Å²) in [7, 11) is -2.12. The van der Waals surface area contributed by atoms with Gasteiger partial charge in [-0.05, 0) is 44.4 Å². The molecule has 2 atom stereocenters. The quantitative estimate of drug-likeness (QED) is 0.921. The third-order valence-electron chi connectivity index (χ3n) is 4.10. The van der Waals surface area contributed by atoms with Gasteiger partial charge in [-0.3, -0.25) is 0 Å². The maximum Gasteiger partial charge on any atom is 0.247 e. The van der Waals surface area contributed by atoms with E-state index in [1.165, 1.54) is 7.11 Å². The minimum absolute atomic E-state index is 0.0393. The van der Waals surface area contributed by atoms with Crippen LogP contribution in [0, 0.1) is 6.92 Å².